The van der Waals surface area contributed by atoms with Crippen molar-refractivity contribution in [1.29, 1.82) is 0 Å². The highest BCUT2D eigenvalue weighted by Gasteiger charge is 2.40. The lowest BCUT2D eigenvalue weighted by atomic mass is 9.65. The van der Waals surface area contributed by atoms with E-state index in [1.807, 2.05) is 31.2 Å². The lowest BCUT2D eigenvalue weighted by molar-refractivity contribution is -0.122. The molecule has 5 nitrogen and oxygen atoms in total. The maximum atomic E-state index is 12.6. The summed E-state index contributed by atoms with van der Waals surface area (Å²) in [5.74, 6) is 1.15. The van der Waals surface area contributed by atoms with Crippen molar-refractivity contribution in [3.63, 3.8) is 0 Å². The summed E-state index contributed by atoms with van der Waals surface area (Å²) in [4.78, 5) is 24.0. The first kappa shape index (κ1) is 19.7. The molecule has 2 saturated carbocycles. The predicted molar refractivity (Wildman–Crippen MR) is 103 cm³/mol. The SMILES string of the molecule is CCC(=O)Nc1ccc(NC(=O)C2CC3CCCC(C2)C3N)cc1.Cl. The van der Waals surface area contributed by atoms with Crippen LogP contribution in [0, 0.1) is 17.8 Å². The Kier molecular flexibility index (Phi) is 6.85. The summed E-state index contributed by atoms with van der Waals surface area (Å²) in [6, 6.07) is 7.57. The number of anilines is 2. The first-order chi connectivity index (χ1) is 11.6. The van der Waals surface area contributed by atoms with Crippen LogP contribution in [-0.2, 0) is 9.59 Å². The molecule has 0 aromatic heterocycles. The highest BCUT2D eigenvalue weighted by atomic mass is 35.5. The van der Waals surface area contributed by atoms with Gasteiger partial charge in [0.2, 0.25) is 11.8 Å². The predicted octanol–water partition coefficient (Wildman–Crippen LogP) is 3.55. The van der Waals surface area contributed by atoms with Gasteiger partial charge in [0.1, 0.15) is 0 Å². The Morgan fingerprint density at radius 3 is 2.08 bits per heavy atom. The van der Waals surface area contributed by atoms with Gasteiger partial charge in [0.05, 0.1) is 0 Å². The summed E-state index contributed by atoms with van der Waals surface area (Å²) >= 11 is 0. The van der Waals surface area contributed by atoms with E-state index in [-0.39, 0.29) is 36.2 Å². The molecule has 25 heavy (non-hydrogen) atoms. The van der Waals surface area contributed by atoms with Gasteiger partial charge in [0.25, 0.3) is 0 Å². The molecule has 1 aromatic carbocycles. The van der Waals surface area contributed by atoms with Crippen LogP contribution in [0.5, 0.6) is 0 Å². The summed E-state index contributed by atoms with van der Waals surface area (Å²) in [5.41, 5.74) is 7.82. The van der Waals surface area contributed by atoms with Gasteiger partial charge in [-0.25, -0.2) is 0 Å². The first-order valence-corrected chi connectivity index (χ1v) is 9.03. The van der Waals surface area contributed by atoms with E-state index in [1.54, 1.807) is 0 Å². The van der Waals surface area contributed by atoms with Gasteiger partial charge in [0.15, 0.2) is 0 Å². The number of fused-ring (bicyclic) bond motifs is 2. The van der Waals surface area contributed by atoms with Crippen molar-refractivity contribution in [2.75, 3.05) is 10.6 Å². The van der Waals surface area contributed by atoms with Crippen LogP contribution in [0.4, 0.5) is 11.4 Å². The molecule has 0 heterocycles. The minimum atomic E-state index is -0.0168. The Balaban J connectivity index is 0.00000225. The molecule has 2 aliphatic carbocycles. The van der Waals surface area contributed by atoms with Gasteiger partial charge >= 0.3 is 0 Å². The number of benzene rings is 1. The van der Waals surface area contributed by atoms with Crippen molar-refractivity contribution < 1.29 is 9.59 Å². The van der Waals surface area contributed by atoms with Crippen molar-refractivity contribution in [2.45, 2.75) is 51.5 Å². The number of carbonyl (C=O) groups excluding carboxylic acids is 2. The molecule has 0 aliphatic heterocycles. The molecular weight excluding hydrogens is 338 g/mol. The molecule has 2 aliphatic rings. The summed E-state index contributed by atoms with van der Waals surface area (Å²) in [6.45, 7) is 1.81. The van der Waals surface area contributed by atoms with Crippen molar-refractivity contribution in [1.82, 2.24) is 0 Å². The molecule has 2 unspecified atom stereocenters. The van der Waals surface area contributed by atoms with E-state index in [4.69, 9.17) is 5.73 Å². The van der Waals surface area contributed by atoms with E-state index in [0.717, 1.165) is 37.1 Å². The Labute approximate surface area is 155 Å². The number of hydrogen-bond donors (Lipinski definition) is 3. The number of carbonyl (C=O) groups is 2. The largest absolute Gasteiger partial charge is 0.327 e. The maximum absolute atomic E-state index is 12.6. The van der Waals surface area contributed by atoms with Gasteiger partial charge in [0, 0.05) is 29.8 Å². The number of nitrogens with two attached hydrogens (primary N) is 1. The Morgan fingerprint density at radius 1 is 1.04 bits per heavy atom. The van der Waals surface area contributed by atoms with Crippen LogP contribution in [0.3, 0.4) is 0 Å². The highest BCUT2D eigenvalue weighted by molar-refractivity contribution is 5.94. The number of hydrogen-bond acceptors (Lipinski definition) is 3. The molecule has 0 radical (unpaired) electrons. The van der Waals surface area contributed by atoms with Crippen LogP contribution in [0.1, 0.15) is 45.4 Å². The summed E-state index contributed by atoms with van der Waals surface area (Å²) < 4.78 is 0. The van der Waals surface area contributed by atoms with Crippen molar-refractivity contribution >= 4 is 35.6 Å². The normalized spacial score (nSPS) is 27.8. The first-order valence-electron chi connectivity index (χ1n) is 9.03. The zero-order valence-corrected chi connectivity index (χ0v) is 15.5. The van der Waals surface area contributed by atoms with Crippen molar-refractivity contribution in [3.8, 4) is 0 Å². The molecule has 138 valence electrons. The molecule has 2 amide bonds. The molecule has 2 bridgehead atoms. The molecule has 3 rings (SSSR count). The van der Waals surface area contributed by atoms with E-state index in [2.05, 4.69) is 10.6 Å². The van der Waals surface area contributed by atoms with Gasteiger partial charge in [-0.05, 0) is 61.8 Å². The molecule has 0 saturated heterocycles. The van der Waals surface area contributed by atoms with Crippen LogP contribution >= 0.6 is 12.4 Å². The number of nitrogens with one attached hydrogen (secondary N) is 2. The van der Waals surface area contributed by atoms with Crippen LogP contribution in [0.25, 0.3) is 0 Å². The standard InChI is InChI=1S/C19H27N3O2.ClH/c1-2-17(23)21-15-6-8-16(9-7-15)22-19(24)14-10-12-4-3-5-13(11-14)18(12)20;/h6-9,12-14,18H,2-5,10-11,20H2,1H3,(H,21,23)(H,22,24);1H. The second-order valence-corrected chi connectivity index (χ2v) is 7.17. The fraction of sp³-hybridized carbons (Fsp3) is 0.579. The number of amides is 2. The third kappa shape index (κ3) is 4.73. The van der Waals surface area contributed by atoms with Gasteiger partial charge in [-0.15, -0.1) is 12.4 Å². The second-order valence-electron chi connectivity index (χ2n) is 7.17. The van der Waals surface area contributed by atoms with Gasteiger partial charge in [-0.2, -0.15) is 0 Å². The molecule has 1 aromatic rings. The highest BCUT2D eigenvalue weighted by Crippen LogP contribution is 2.42. The van der Waals surface area contributed by atoms with Gasteiger partial charge in [-0.1, -0.05) is 13.3 Å². The van der Waals surface area contributed by atoms with E-state index in [0.29, 0.717) is 18.3 Å². The van der Waals surface area contributed by atoms with Gasteiger partial charge < -0.3 is 16.4 Å². The zero-order valence-electron chi connectivity index (χ0n) is 14.7. The van der Waals surface area contributed by atoms with E-state index in [1.165, 1.54) is 6.42 Å². The average Bonchev–Trinajstić information content (AvgIpc) is 2.56. The molecule has 2 atom stereocenters. The number of halogens is 1. The Morgan fingerprint density at radius 2 is 1.56 bits per heavy atom. The minimum absolute atomic E-state index is 0. The van der Waals surface area contributed by atoms with Crippen LogP contribution in [0.2, 0.25) is 0 Å². The van der Waals surface area contributed by atoms with E-state index < -0.39 is 0 Å². The molecule has 4 N–H and O–H groups in total. The Bertz CT molecular complexity index is 591. The van der Waals surface area contributed by atoms with Crippen molar-refractivity contribution in [3.05, 3.63) is 24.3 Å². The monoisotopic (exact) mass is 365 g/mol. The maximum Gasteiger partial charge on any atom is 0.227 e. The average molecular weight is 366 g/mol. The topological polar surface area (TPSA) is 84.2 Å². The second kappa shape index (κ2) is 8.68. The summed E-state index contributed by atoms with van der Waals surface area (Å²) in [6.07, 6.45) is 5.84. The lowest BCUT2D eigenvalue weighted by Gasteiger charge is -2.43. The lowest BCUT2D eigenvalue weighted by Crippen LogP contribution is -2.48. The van der Waals surface area contributed by atoms with Crippen LogP contribution in [-0.4, -0.2) is 17.9 Å². The van der Waals surface area contributed by atoms with E-state index in [9.17, 15) is 9.59 Å². The zero-order chi connectivity index (χ0) is 17.1. The van der Waals surface area contributed by atoms with Gasteiger partial charge in [-0.3, -0.25) is 9.59 Å². The minimum Gasteiger partial charge on any atom is -0.327 e. The molecule has 0 spiro atoms. The summed E-state index contributed by atoms with van der Waals surface area (Å²) in [7, 11) is 0. The molecule has 2 fully saturated rings. The smallest absolute Gasteiger partial charge is 0.227 e. The molecular formula is C19H28ClN3O2. The Hall–Kier alpha value is -1.59. The third-order valence-electron chi connectivity index (χ3n) is 5.54. The van der Waals surface area contributed by atoms with Crippen molar-refractivity contribution in [2.24, 2.45) is 23.5 Å². The third-order valence-corrected chi connectivity index (χ3v) is 5.54. The van der Waals surface area contributed by atoms with E-state index >= 15 is 0 Å². The van der Waals surface area contributed by atoms with Crippen LogP contribution in [0.15, 0.2) is 24.3 Å². The molecule has 6 heteroatoms. The number of rotatable bonds is 4. The quantitative estimate of drug-likeness (QED) is 0.762. The fourth-order valence-electron chi connectivity index (χ4n) is 4.13. The summed E-state index contributed by atoms with van der Waals surface area (Å²) in [5, 5.41) is 5.82. The van der Waals surface area contributed by atoms with Crippen LogP contribution < -0.4 is 16.4 Å². The fourth-order valence-corrected chi connectivity index (χ4v) is 4.13.